The van der Waals surface area contributed by atoms with E-state index in [4.69, 9.17) is 14.2 Å². The molecule has 0 amide bonds. The molecule has 0 bridgehead atoms. The summed E-state index contributed by atoms with van der Waals surface area (Å²) in [6, 6.07) is 1.14. The third-order valence-corrected chi connectivity index (χ3v) is 4.79. The predicted molar refractivity (Wildman–Crippen MR) is 98.6 cm³/mol. The molecule has 2 rings (SSSR count). The van der Waals surface area contributed by atoms with Crippen LogP contribution in [0.4, 0.5) is 8.78 Å². The SMILES string of the molecule is COc1cc(CC(O)=C2C(=O)OC(C)(CC(C)(C)C)OC2=O)c(Br)c(F)c1F. The molecule has 0 saturated carbocycles. The Hall–Kier alpha value is -2.16. The fourth-order valence-electron chi connectivity index (χ4n) is 3.05. The second-order valence-electron chi connectivity index (χ2n) is 7.83. The largest absolute Gasteiger partial charge is 0.511 e. The summed E-state index contributed by atoms with van der Waals surface area (Å²) in [5.41, 5.74) is -0.933. The van der Waals surface area contributed by atoms with Gasteiger partial charge in [-0.25, -0.2) is 14.0 Å². The monoisotopic (exact) mass is 462 g/mol. The Bertz CT molecular complexity index is 837. The zero-order valence-corrected chi connectivity index (χ0v) is 17.7. The van der Waals surface area contributed by atoms with Crippen LogP contribution in [0.1, 0.15) is 39.7 Å². The quantitative estimate of drug-likeness (QED) is 0.235. The first-order valence-electron chi connectivity index (χ1n) is 8.37. The molecule has 1 N–H and O–H groups in total. The number of cyclic esters (lactones) is 2. The van der Waals surface area contributed by atoms with Gasteiger partial charge in [-0.15, -0.1) is 0 Å². The number of methoxy groups -OCH3 is 1. The maximum atomic E-state index is 14.0. The normalized spacial score (nSPS) is 19.9. The Labute approximate surface area is 169 Å². The number of halogens is 3. The average Bonchev–Trinajstić information content (AvgIpc) is 2.52. The Morgan fingerprint density at radius 3 is 2.21 bits per heavy atom. The van der Waals surface area contributed by atoms with E-state index in [1.54, 1.807) is 0 Å². The Balaban J connectivity index is 2.36. The molecule has 0 spiro atoms. The molecule has 0 radical (unpaired) electrons. The summed E-state index contributed by atoms with van der Waals surface area (Å²) < 4.78 is 42.6. The first-order valence-corrected chi connectivity index (χ1v) is 9.16. The summed E-state index contributed by atoms with van der Waals surface area (Å²) in [5, 5.41) is 10.3. The predicted octanol–water partition coefficient (Wildman–Crippen LogP) is 4.34. The highest BCUT2D eigenvalue weighted by Gasteiger charge is 2.46. The minimum Gasteiger partial charge on any atom is -0.511 e. The molecule has 6 nitrogen and oxygen atoms in total. The number of hydrogen-bond donors (Lipinski definition) is 1. The number of benzene rings is 1. The average molecular weight is 463 g/mol. The Morgan fingerprint density at radius 1 is 1.21 bits per heavy atom. The molecule has 9 heteroatoms. The van der Waals surface area contributed by atoms with E-state index in [0.717, 1.165) is 13.2 Å². The Morgan fingerprint density at radius 2 is 1.75 bits per heavy atom. The molecular formula is C19H21BrF2O6. The van der Waals surface area contributed by atoms with Gasteiger partial charge in [0, 0.05) is 19.8 Å². The van der Waals surface area contributed by atoms with Gasteiger partial charge in [0.1, 0.15) is 5.76 Å². The number of aliphatic hydroxyl groups is 1. The maximum absolute atomic E-state index is 14.0. The summed E-state index contributed by atoms with van der Waals surface area (Å²) >= 11 is 2.89. The molecule has 1 aromatic rings. The van der Waals surface area contributed by atoms with Crippen molar-refractivity contribution in [1.29, 1.82) is 0 Å². The zero-order chi connectivity index (χ0) is 21.4. The molecule has 154 valence electrons. The number of hydrogen-bond acceptors (Lipinski definition) is 6. The molecular weight excluding hydrogens is 442 g/mol. The van der Waals surface area contributed by atoms with Crippen molar-refractivity contribution in [2.24, 2.45) is 5.41 Å². The first-order chi connectivity index (χ1) is 12.8. The van der Waals surface area contributed by atoms with Crippen LogP contribution in [0.15, 0.2) is 21.9 Å². The number of rotatable bonds is 4. The van der Waals surface area contributed by atoms with Gasteiger partial charge in [0.25, 0.3) is 5.79 Å². The minimum atomic E-state index is -1.47. The van der Waals surface area contributed by atoms with E-state index < -0.39 is 47.1 Å². The van der Waals surface area contributed by atoms with Gasteiger partial charge in [0.05, 0.1) is 11.6 Å². The molecule has 1 heterocycles. The number of carbonyl (C=O) groups is 2. The second-order valence-corrected chi connectivity index (χ2v) is 8.62. The van der Waals surface area contributed by atoms with Crippen LogP contribution in [0.3, 0.4) is 0 Å². The smallest absolute Gasteiger partial charge is 0.352 e. The molecule has 1 fully saturated rings. The standard InChI is InChI=1S/C19H21BrF2O6/c1-18(2,3)8-19(4)27-16(24)12(17(25)28-19)10(23)6-9-7-11(26-5)14(21)15(22)13(9)20/h7,23H,6,8H2,1-5H3. The van der Waals surface area contributed by atoms with Crippen molar-refractivity contribution in [2.45, 2.75) is 46.3 Å². The van der Waals surface area contributed by atoms with E-state index in [1.807, 2.05) is 20.8 Å². The fraction of sp³-hybridized carbons (Fsp3) is 0.474. The van der Waals surface area contributed by atoms with Crippen molar-refractivity contribution in [1.82, 2.24) is 0 Å². The molecule has 0 aliphatic carbocycles. The number of carbonyl (C=O) groups excluding carboxylic acids is 2. The molecule has 1 saturated heterocycles. The summed E-state index contributed by atoms with van der Waals surface area (Å²) in [6.07, 6.45) is -0.207. The number of esters is 2. The topological polar surface area (TPSA) is 82.1 Å². The van der Waals surface area contributed by atoms with Crippen LogP contribution in [0.2, 0.25) is 0 Å². The van der Waals surface area contributed by atoms with Crippen LogP contribution < -0.4 is 4.74 Å². The summed E-state index contributed by atoms with van der Waals surface area (Å²) in [6.45, 7) is 7.11. The van der Waals surface area contributed by atoms with Crippen LogP contribution in [0.5, 0.6) is 5.75 Å². The van der Waals surface area contributed by atoms with Crippen LogP contribution in [0.25, 0.3) is 0 Å². The molecule has 0 unspecified atom stereocenters. The highest BCUT2D eigenvalue weighted by Crippen LogP contribution is 2.36. The minimum absolute atomic E-state index is 0.0596. The van der Waals surface area contributed by atoms with Gasteiger partial charge in [0.2, 0.25) is 5.82 Å². The third kappa shape index (κ3) is 4.63. The lowest BCUT2D eigenvalue weighted by atomic mass is 9.87. The summed E-state index contributed by atoms with van der Waals surface area (Å²) in [5.74, 6) is -7.08. The molecule has 0 atom stereocenters. The molecule has 28 heavy (non-hydrogen) atoms. The fourth-order valence-corrected chi connectivity index (χ4v) is 3.47. The van der Waals surface area contributed by atoms with Crippen LogP contribution in [0, 0.1) is 17.0 Å². The van der Waals surface area contributed by atoms with Crippen LogP contribution >= 0.6 is 15.9 Å². The number of allylic oxidation sites excluding steroid dienone is 1. The van der Waals surface area contributed by atoms with E-state index in [-0.39, 0.29) is 27.6 Å². The lowest BCUT2D eigenvalue weighted by Crippen LogP contribution is -2.46. The highest BCUT2D eigenvalue weighted by molar-refractivity contribution is 9.10. The van der Waals surface area contributed by atoms with Gasteiger partial charge in [-0.1, -0.05) is 20.8 Å². The van der Waals surface area contributed by atoms with Gasteiger partial charge >= 0.3 is 11.9 Å². The van der Waals surface area contributed by atoms with Crippen molar-refractivity contribution in [3.05, 3.63) is 39.1 Å². The van der Waals surface area contributed by atoms with Gasteiger partial charge in [-0.3, -0.25) is 0 Å². The van der Waals surface area contributed by atoms with Crippen molar-refractivity contribution in [3.63, 3.8) is 0 Å². The van der Waals surface area contributed by atoms with Gasteiger partial charge in [0.15, 0.2) is 17.1 Å². The zero-order valence-electron chi connectivity index (χ0n) is 16.1. The van der Waals surface area contributed by atoms with E-state index in [1.165, 1.54) is 6.92 Å². The lowest BCUT2D eigenvalue weighted by Gasteiger charge is -2.37. The molecule has 1 aliphatic rings. The third-order valence-electron chi connectivity index (χ3n) is 3.93. The van der Waals surface area contributed by atoms with E-state index in [0.29, 0.717) is 0 Å². The second kappa shape index (κ2) is 7.69. The van der Waals surface area contributed by atoms with Crippen molar-refractivity contribution in [3.8, 4) is 5.75 Å². The van der Waals surface area contributed by atoms with E-state index in [2.05, 4.69) is 15.9 Å². The van der Waals surface area contributed by atoms with Gasteiger partial charge < -0.3 is 19.3 Å². The van der Waals surface area contributed by atoms with Gasteiger partial charge in [-0.2, -0.15) is 4.39 Å². The maximum Gasteiger partial charge on any atom is 0.352 e. The van der Waals surface area contributed by atoms with Crippen molar-refractivity contribution < 1.29 is 37.7 Å². The molecule has 1 aliphatic heterocycles. The highest BCUT2D eigenvalue weighted by atomic mass is 79.9. The van der Waals surface area contributed by atoms with Crippen LogP contribution in [-0.4, -0.2) is 29.9 Å². The number of ether oxygens (including phenoxy) is 3. The van der Waals surface area contributed by atoms with E-state index >= 15 is 0 Å². The first kappa shape index (κ1) is 22.1. The molecule has 0 aromatic heterocycles. The Kier molecular flexibility index (Phi) is 6.08. The van der Waals surface area contributed by atoms with E-state index in [9.17, 15) is 23.5 Å². The summed E-state index contributed by atoms with van der Waals surface area (Å²) in [4.78, 5) is 24.7. The number of aliphatic hydroxyl groups excluding tert-OH is 1. The van der Waals surface area contributed by atoms with Crippen LogP contribution in [-0.2, 0) is 25.5 Å². The lowest BCUT2D eigenvalue weighted by molar-refractivity contribution is -0.237. The van der Waals surface area contributed by atoms with Gasteiger partial charge in [-0.05, 0) is 33.0 Å². The molecule has 1 aromatic carbocycles. The summed E-state index contributed by atoms with van der Waals surface area (Å²) in [7, 11) is 1.15. The van der Waals surface area contributed by atoms with Crippen molar-refractivity contribution in [2.75, 3.05) is 7.11 Å². The van der Waals surface area contributed by atoms with Crippen molar-refractivity contribution >= 4 is 27.9 Å².